The quantitative estimate of drug-likeness (QED) is 0.813. The molecule has 0 unspecified atom stereocenters. The van der Waals surface area contributed by atoms with Crippen LogP contribution in [0.15, 0.2) is 24.3 Å². The lowest BCUT2D eigenvalue weighted by molar-refractivity contribution is 0.0600. The van der Waals surface area contributed by atoms with Gasteiger partial charge in [-0.2, -0.15) is 5.26 Å². The van der Waals surface area contributed by atoms with Crippen molar-refractivity contribution < 1.29 is 19.1 Å². The van der Waals surface area contributed by atoms with Gasteiger partial charge in [0.05, 0.1) is 31.5 Å². The first-order valence-electron chi connectivity index (χ1n) is 8.81. The zero-order valence-corrected chi connectivity index (χ0v) is 15.7. The third-order valence-electron chi connectivity index (χ3n) is 4.61. The molecule has 8 heteroatoms. The molecule has 1 amide bonds. The molecular formula is C20H20N4O4. The van der Waals surface area contributed by atoms with Crippen molar-refractivity contribution in [2.45, 2.75) is 19.9 Å². The van der Waals surface area contributed by atoms with Crippen LogP contribution in [0.25, 0.3) is 11.1 Å². The molecule has 2 N–H and O–H groups in total. The van der Waals surface area contributed by atoms with Gasteiger partial charge in [0.2, 0.25) is 0 Å². The number of carbonyl (C=O) groups excluding carboxylic acids is 2. The highest BCUT2D eigenvalue weighted by atomic mass is 16.6. The Labute approximate surface area is 162 Å². The lowest BCUT2D eigenvalue weighted by Gasteiger charge is -2.29. The van der Waals surface area contributed by atoms with E-state index < -0.39 is 12.1 Å². The Bertz CT molecular complexity index is 964. The maximum absolute atomic E-state index is 12.2. The van der Waals surface area contributed by atoms with Crippen molar-refractivity contribution in [2.75, 3.05) is 26.0 Å². The van der Waals surface area contributed by atoms with E-state index in [2.05, 4.69) is 11.1 Å². The number of ether oxygens (including phenoxy) is 2. The van der Waals surface area contributed by atoms with Crippen LogP contribution in [0, 0.1) is 11.3 Å². The van der Waals surface area contributed by atoms with Crippen LogP contribution in [-0.2, 0) is 22.4 Å². The number of nitrogens with zero attached hydrogens (tertiary/aromatic N) is 3. The number of benzene rings is 1. The molecule has 1 aliphatic heterocycles. The number of hydrogen-bond acceptors (Lipinski definition) is 7. The molecule has 8 nitrogen and oxygen atoms in total. The lowest BCUT2D eigenvalue weighted by atomic mass is 9.91. The molecule has 0 saturated carbocycles. The van der Waals surface area contributed by atoms with Crippen LogP contribution in [0.2, 0.25) is 0 Å². The Balaban J connectivity index is 2.10. The van der Waals surface area contributed by atoms with Gasteiger partial charge in [0, 0.05) is 24.1 Å². The average molecular weight is 380 g/mol. The SMILES string of the molecule is CCOC(=O)N1CCc2nc(N)c(C#N)c(-c3ccc(C(=O)OC)cc3)c2C1. The van der Waals surface area contributed by atoms with Crippen LogP contribution in [0.3, 0.4) is 0 Å². The molecule has 2 heterocycles. The largest absolute Gasteiger partial charge is 0.465 e. The van der Waals surface area contributed by atoms with Gasteiger partial charge >= 0.3 is 12.1 Å². The third-order valence-corrected chi connectivity index (χ3v) is 4.61. The smallest absolute Gasteiger partial charge is 0.410 e. The Hall–Kier alpha value is -3.60. The Morgan fingerprint density at radius 1 is 1.32 bits per heavy atom. The van der Waals surface area contributed by atoms with Gasteiger partial charge in [-0.25, -0.2) is 14.6 Å². The molecule has 1 aliphatic rings. The number of rotatable bonds is 3. The van der Waals surface area contributed by atoms with E-state index in [1.54, 1.807) is 36.1 Å². The Morgan fingerprint density at radius 2 is 2.04 bits per heavy atom. The first kappa shape index (κ1) is 19.2. The summed E-state index contributed by atoms with van der Waals surface area (Å²) in [6, 6.07) is 8.82. The highest BCUT2D eigenvalue weighted by Gasteiger charge is 2.28. The number of nitrogens with two attached hydrogens (primary N) is 1. The van der Waals surface area contributed by atoms with Gasteiger partial charge in [-0.15, -0.1) is 0 Å². The number of anilines is 1. The number of esters is 1. The van der Waals surface area contributed by atoms with Crippen LogP contribution < -0.4 is 5.73 Å². The van der Waals surface area contributed by atoms with E-state index in [1.165, 1.54) is 7.11 Å². The maximum atomic E-state index is 12.2. The predicted molar refractivity (Wildman–Crippen MR) is 101 cm³/mol. The van der Waals surface area contributed by atoms with Crippen molar-refractivity contribution in [1.82, 2.24) is 9.88 Å². The summed E-state index contributed by atoms with van der Waals surface area (Å²) in [5.41, 5.74) is 9.51. The number of carbonyl (C=O) groups is 2. The second-order valence-corrected chi connectivity index (χ2v) is 6.22. The van der Waals surface area contributed by atoms with Gasteiger partial charge in [-0.3, -0.25) is 0 Å². The number of aromatic nitrogens is 1. The van der Waals surface area contributed by atoms with E-state index >= 15 is 0 Å². The zero-order valence-electron chi connectivity index (χ0n) is 15.7. The zero-order chi connectivity index (χ0) is 20.3. The highest BCUT2D eigenvalue weighted by Crippen LogP contribution is 2.35. The number of hydrogen-bond donors (Lipinski definition) is 1. The molecule has 0 aliphatic carbocycles. The maximum Gasteiger partial charge on any atom is 0.410 e. The molecule has 2 aromatic rings. The Morgan fingerprint density at radius 3 is 2.64 bits per heavy atom. The minimum absolute atomic E-state index is 0.151. The molecule has 0 saturated heterocycles. The van der Waals surface area contributed by atoms with E-state index in [1.807, 2.05) is 0 Å². The summed E-state index contributed by atoms with van der Waals surface area (Å²) >= 11 is 0. The van der Waals surface area contributed by atoms with Crippen molar-refractivity contribution in [3.05, 3.63) is 46.6 Å². The standard InChI is InChI=1S/C20H20N4O4/c1-3-28-20(26)24-9-8-16-15(11-24)17(14(10-21)18(22)23-16)12-4-6-13(7-5-12)19(25)27-2/h4-7H,3,8-9,11H2,1-2H3,(H2,22,23). The second kappa shape index (κ2) is 7.96. The molecule has 0 spiro atoms. The van der Waals surface area contributed by atoms with Crippen molar-refractivity contribution in [1.29, 1.82) is 5.26 Å². The van der Waals surface area contributed by atoms with Crippen molar-refractivity contribution in [3.8, 4) is 17.2 Å². The van der Waals surface area contributed by atoms with Crippen molar-refractivity contribution in [2.24, 2.45) is 0 Å². The van der Waals surface area contributed by atoms with E-state index in [9.17, 15) is 14.9 Å². The molecule has 3 rings (SSSR count). The van der Waals surface area contributed by atoms with Crippen molar-refractivity contribution >= 4 is 17.9 Å². The summed E-state index contributed by atoms with van der Waals surface area (Å²) in [5.74, 6) is -0.297. The molecule has 0 radical (unpaired) electrons. The number of nitriles is 1. The summed E-state index contributed by atoms with van der Waals surface area (Å²) in [6.07, 6.45) is 0.104. The van der Waals surface area contributed by atoms with Crippen LogP contribution in [0.4, 0.5) is 10.6 Å². The molecule has 0 atom stereocenters. The normalized spacial score (nSPS) is 12.7. The number of amides is 1. The van der Waals surface area contributed by atoms with Gasteiger partial charge in [-0.1, -0.05) is 12.1 Å². The second-order valence-electron chi connectivity index (χ2n) is 6.22. The fraction of sp³-hybridized carbons (Fsp3) is 0.300. The summed E-state index contributed by atoms with van der Waals surface area (Å²) in [5, 5.41) is 9.65. The van der Waals surface area contributed by atoms with E-state index in [0.717, 1.165) is 11.3 Å². The summed E-state index contributed by atoms with van der Waals surface area (Å²) in [6.45, 7) is 2.77. The molecular weight excluding hydrogens is 360 g/mol. The fourth-order valence-corrected chi connectivity index (χ4v) is 3.27. The first-order chi connectivity index (χ1) is 13.5. The third kappa shape index (κ3) is 3.47. The molecule has 0 fully saturated rings. The highest BCUT2D eigenvalue weighted by molar-refractivity contribution is 5.90. The molecule has 144 valence electrons. The predicted octanol–water partition coefficient (Wildman–Crippen LogP) is 2.50. The van der Waals surface area contributed by atoms with Gasteiger partial charge in [0.1, 0.15) is 17.5 Å². The van der Waals surface area contributed by atoms with E-state index in [4.69, 9.17) is 15.2 Å². The van der Waals surface area contributed by atoms with Gasteiger partial charge in [0.15, 0.2) is 0 Å². The molecule has 1 aromatic carbocycles. The van der Waals surface area contributed by atoms with E-state index in [0.29, 0.717) is 29.7 Å². The minimum Gasteiger partial charge on any atom is -0.465 e. The van der Waals surface area contributed by atoms with Crippen molar-refractivity contribution in [3.63, 3.8) is 0 Å². The number of pyridine rings is 1. The van der Waals surface area contributed by atoms with Crippen LogP contribution in [0.5, 0.6) is 0 Å². The molecule has 1 aromatic heterocycles. The minimum atomic E-state index is -0.447. The van der Waals surface area contributed by atoms with Gasteiger partial charge in [-0.05, 0) is 24.6 Å². The average Bonchev–Trinajstić information content (AvgIpc) is 2.72. The summed E-state index contributed by atoms with van der Waals surface area (Å²) in [7, 11) is 1.31. The summed E-state index contributed by atoms with van der Waals surface area (Å²) < 4.78 is 9.82. The fourth-order valence-electron chi connectivity index (χ4n) is 3.27. The number of methoxy groups -OCH3 is 1. The summed E-state index contributed by atoms with van der Waals surface area (Å²) in [4.78, 5) is 29.8. The molecule has 0 bridgehead atoms. The Kier molecular flexibility index (Phi) is 5.45. The lowest BCUT2D eigenvalue weighted by Crippen LogP contribution is -2.37. The topological polar surface area (TPSA) is 119 Å². The van der Waals surface area contributed by atoms with Crippen LogP contribution in [0.1, 0.15) is 34.1 Å². The number of nitrogen functional groups attached to an aromatic ring is 1. The molecule has 28 heavy (non-hydrogen) atoms. The monoisotopic (exact) mass is 380 g/mol. The van der Waals surface area contributed by atoms with E-state index in [-0.39, 0.29) is 24.5 Å². The number of fused-ring (bicyclic) bond motifs is 1. The first-order valence-corrected chi connectivity index (χ1v) is 8.81. The van der Waals surface area contributed by atoms with Crippen LogP contribution >= 0.6 is 0 Å². The van der Waals surface area contributed by atoms with Gasteiger partial charge < -0.3 is 20.1 Å². The van der Waals surface area contributed by atoms with Gasteiger partial charge in [0.25, 0.3) is 0 Å². The van der Waals surface area contributed by atoms with Crippen LogP contribution in [-0.4, -0.2) is 42.2 Å².